The highest BCUT2D eigenvalue weighted by Crippen LogP contribution is 2.16. The molecule has 6 heteroatoms. The van der Waals surface area contributed by atoms with Crippen LogP contribution in [-0.4, -0.2) is 30.3 Å². The van der Waals surface area contributed by atoms with Crippen LogP contribution in [0.4, 0.5) is 8.78 Å². The number of benzene rings is 1. The van der Waals surface area contributed by atoms with E-state index in [2.05, 4.69) is 10.1 Å². The quantitative estimate of drug-likeness (QED) is 0.818. The predicted octanol–water partition coefficient (Wildman–Crippen LogP) is 1.79. The number of aliphatic hydroxyl groups is 1. The zero-order chi connectivity index (χ0) is 13.5. The van der Waals surface area contributed by atoms with Crippen molar-refractivity contribution in [3.05, 3.63) is 29.8 Å². The molecule has 0 saturated carbocycles. The molecule has 0 aliphatic carbocycles. The molecular weight excluding hydrogens is 244 g/mol. The van der Waals surface area contributed by atoms with Crippen LogP contribution in [0.2, 0.25) is 0 Å². The van der Waals surface area contributed by atoms with Crippen LogP contribution in [0.3, 0.4) is 0 Å². The maximum Gasteiger partial charge on any atom is 0.387 e. The molecule has 2 N–H and O–H groups in total. The summed E-state index contributed by atoms with van der Waals surface area (Å²) in [7, 11) is 0. The molecular formula is C12H15F2NO3. The fourth-order valence-corrected chi connectivity index (χ4v) is 1.39. The fourth-order valence-electron chi connectivity index (χ4n) is 1.39. The zero-order valence-electron chi connectivity index (χ0n) is 9.90. The first-order valence-corrected chi connectivity index (χ1v) is 5.49. The van der Waals surface area contributed by atoms with E-state index in [1.165, 1.54) is 24.3 Å². The van der Waals surface area contributed by atoms with Gasteiger partial charge in [0, 0.05) is 18.2 Å². The van der Waals surface area contributed by atoms with Crippen LogP contribution < -0.4 is 10.1 Å². The van der Waals surface area contributed by atoms with E-state index in [4.69, 9.17) is 5.11 Å². The Kier molecular flexibility index (Phi) is 5.51. The number of aliphatic hydroxyl groups excluding tert-OH is 1. The highest BCUT2D eigenvalue weighted by molar-refractivity contribution is 5.94. The second-order valence-corrected chi connectivity index (χ2v) is 3.79. The van der Waals surface area contributed by atoms with Crippen LogP contribution in [0.15, 0.2) is 24.3 Å². The van der Waals surface area contributed by atoms with Crippen molar-refractivity contribution < 1.29 is 23.4 Å². The largest absolute Gasteiger partial charge is 0.435 e. The van der Waals surface area contributed by atoms with Crippen LogP contribution in [0.25, 0.3) is 0 Å². The van der Waals surface area contributed by atoms with Crippen molar-refractivity contribution >= 4 is 5.91 Å². The van der Waals surface area contributed by atoms with Gasteiger partial charge in [0.05, 0.1) is 0 Å². The van der Waals surface area contributed by atoms with Crippen molar-refractivity contribution in [1.82, 2.24) is 5.32 Å². The van der Waals surface area contributed by atoms with Gasteiger partial charge in [0.2, 0.25) is 0 Å². The van der Waals surface area contributed by atoms with Gasteiger partial charge in [0.25, 0.3) is 5.91 Å². The Bertz CT molecular complexity index is 399. The minimum atomic E-state index is -2.92. The Balaban J connectivity index is 2.68. The Morgan fingerprint density at radius 2 is 2.22 bits per heavy atom. The SMILES string of the molecule is CC(CCO)NC(=O)c1cccc(OC(F)F)c1. The standard InChI is InChI=1S/C12H15F2NO3/c1-8(5-6-16)15-11(17)9-3-2-4-10(7-9)18-12(13)14/h2-4,7-8,12,16H,5-6H2,1H3,(H,15,17). The summed E-state index contributed by atoms with van der Waals surface area (Å²) in [5.74, 6) is -0.455. The summed E-state index contributed by atoms with van der Waals surface area (Å²) in [6.07, 6.45) is 0.430. The molecule has 1 rings (SSSR count). The lowest BCUT2D eigenvalue weighted by Crippen LogP contribution is -2.33. The fraction of sp³-hybridized carbons (Fsp3) is 0.417. The number of alkyl halides is 2. The highest BCUT2D eigenvalue weighted by atomic mass is 19.3. The summed E-state index contributed by atoms with van der Waals surface area (Å²) in [6.45, 7) is -1.21. The topological polar surface area (TPSA) is 58.6 Å². The molecule has 0 aliphatic rings. The molecule has 1 aromatic carbocycles. The number of nitrogens with one attached hydrogen (secondary N) is 1. The average Bonchev–Trinajstić information content (AvgIpc) is 2.28. The lowest BCUT2D eigenvalue weighted by atomic mass is 10.1. The first-order chi connectivity index (χ1) is 8.52. The molecule has 0 heterocycles. The van der Waals surface area contributed by atoms with E-state index in [9.17, 15) is 13.6 Å². The van der Waals surface area contributed by atoms with Crippen LogP contribution in [0, 0.1) is 0 Å². The van der Waals surface area contributed by atoms with E-state index in [-0.39, 0.29) is 24.0 Å². The van der Waals surface area contributed by atoms with Crippen LogP contribution in [0.5, 0.6) is 5.75 Å². The van der Waals surface area contributed by atoms with Crippen LogP contribution in [-0.2, 0) is 0 Å². The van der Waals surface area contributed by atoms with Crippen molar-refractivity contribution in [3.63, 3.8) is 0 Å². The Hall–Kier alpha value is -1.69. The monoisotopic (exact) mass is 259 g/mol. The van der Waals surface area contributed by atoms with Crippen molar-refractivity contribution in [3.8, 4) is 5.75 Å². The highest BCUT2D eigenvalue weighted by Gasteiger charge is 2.11. The van der Waals surface area contributed by atoms with E-state index >= 15 is 0 Å². The molecule has 18 heavy (non-hydrogen) atoms. The van der Waals surface area contributed by atoms with Gasteiger partial charge < -0.3 is 15.2 Å². The summed E-state index contributed by atoms with van der Waals surface area (Å²) in [5.41, 5.74) is 0.234. The van der Waals surface area contributed by atoms with Gasteiger partial charge in [0.15, 0.2) is 0 Å². The molecule has 0 saturated heterocycles. The minimum Gasteiger partial charge on any atom is -0.435 e. The predicted molar refractivity (Wildman–Crippen MR) is 61.7 cm³/mol. The van der Waals surface area contributed by atoms with Gasteiger partial charge in [-0.3, -0.25) is 4.79 Å². The number of rotatable bonds is 6. The zero-order valence-corrected chi connectivity index (χ0v) is 9.90. The number of carbonyl (C=O) groups is 1. The maximum absolute atomic E-state index is 12.0. The molecule has 0 aliphatic heterocycles. The first kappa shape index (κ1) is 14.4. The number of amides is 1. The van der Waals surface area contributed by atoms with Gasteiger partial charge in [-0.2, -0.15) is 8.78 Å². The third-order valence-electron chi connectivity index (χ3n) is 2.26. The van der Waals surface area contributed by atoms with Gasteiger partial charge in [-0.25, -0.2) is 0 Å². The molecule has 1 atom stereocenters. The van der Waals surface area contributed by atoms with Crippen molar-refractivity contribution in [2.24, 2.45) is 0 Å². The van der Waals surface area contributed by atoms with Gasteiger partial charge in [0.1, 0.15) is 5.75 Å². The normalized spacial score (nSPS) is 12.3. The van der Waals surface area contributed by atoms with Crippen LogP contribution >= 0.6 is 0 Å². The third-order valence-corrected chi connectivity index (χ3v) is 2.26. The summed E-state index contributed by atoms with van der Waals surface area (Å²) in [5, 5.41) is 11.3. The summed E-state index contributed by atoms with van der Waals surface area (Å²) in [4.78, 5) is 11.7. The third kappa shape index (κ3) is 4.67. The summed E-state index contributed by atoms with van der Waals surface area (Å²) < 4.78 is 28.2. The second-order valence-electron chi connectivity index (χ2n) is 3.79. The Morgan fingerprint density at radius 1 is 1.50 bits per heavy atom. The lowest BCUT2D eigenvalue weighted by Gasteiger charge is -2.13. The molecule has 4 nitrogen and oxygen atoms in total. The van der Waals surface area contributed by atoms with Gasteiger partial charge in [-0.1, -0.05) is 6.07 Å². The molecule has 0 radical (unpaired) electrons. The molecule has 1 amide bonds. The molecule has 0 aromatic heterocycles. The van der Waals surface area contributed by atoms with E-state index in [0.717, 1.165) is 0 Å². The number of hydrogen-bond acceptors (Lipinski definition) is 3. The molecule has 1 unspecified atom stereocenters. The van der Waals surface area contributed by atoms with Crippen molar-refractivity contribution in [1.29, 1.82) is 0 Å². The average molecular weight is 259 g/mol. The molecule has 0 bridgehead atoms. The summed E-state index contributed by atoms with van der Waals surface area (Å²) >= 11 is 0. The van der Waals surface area contributed by atoms with Gasteiger partial charge in [-0.05, 0) is 31.5 Å². The van der Waals surface area contributed by atoms with Gasteiger partial charge in [-0.15, -0.1) is 0 Å². The van der Waals surface area contributed by atoms with E-state index < -0.39 is 12.5 Å². The number of ether oxygens (including phenoxy) is 1. The molecule has 100 valence electrons. The number of carbonyl (C=O) groups excluding carboxylic acids is 1. The maximum atomic E-state index is 12.0. The van der Waals surface area contributed by atoms with E-state index in [1.807, 2.05) is 0 Å². The Labute approximate surface area is 104 Å². The first-order valence-electron chi connectivity index (χ1n) is 5.49. The molecule has 0 fully saturated rings. The lowest BCUT2D eigenvalue weighted by molar-refractivity contribution is -0.0498. The van der Waals surface area contributed by atoms with Crippen molar-refractivity contribution in [2.45, 2.75) is 26.0 Å². The van der Waals surface area contributed by atoms with Gasteiger partial charge >= 0.3 is 6.61 Å². The number of hydrogen-bond donors (Lipinski definition) is 2. The van der Waals surface area contributed by atoms with Crippen LogP contribution in [0.1, 0.15) is 23.7 Å². The van der Waals surface area contributed by atoms with Crippen molar-refractivity contribution in [2.75, 3.05) is 6.61 Å². The van der Waals surface area contributed by atoms with E-state index in [0.29, 0.717) is 6.42 Å². The molecule has 1 aromatic rings. The molecule has 0 spiro atoms. The van der Waals surface area contributed by atoms with E-state index in [1.54, 1.807) is 6.92 Å². The smallest absolute Gasteiger partial charge is 0.387 e. The minimum absolute atomic E-state index is 0.0318. The summed E-state index contributed by atoms with van der Waals surface area (Å²) in [6, 6.07) is 5.36. The number of halogens is 2. The Morgan fingerprint density at radius 3 is 2.83 bits per heavy atom. The second kappa shape index (κ2) is 6.90.